The van der Waals surface area contributed by atoms with Crippen LogP contribution in [0.2, 0.25) is 0 Å². The van der Waals surface area contributed by atoms with Gasteiger partial charge in [-0.25, -0.2) is 0 Å². The Labute approximate surface area is 120 Å². The number of thioether (sulfide) groups is 1. The Hall–Kier alpha value is -2.21. The van der Waals surface area contributed by atoms with Crippen molar-refractivity contribution in [2.75, 3.05) is 11.5 Å². The van der Waals surface area contributed by atoms with E-state index in [2.05, 4.69) is 11.7 Å². The van der Waals surface area contributed by atoms with Crippen LogP contribution in [0.25, 0.3) is 11.1 Å². The van der Waals surface area contributed by atoms with E-state index in [-0.39, 0.29) is 16.6 Å². The van der Waals surface area contributed by atoms with Gasteiger partial charge in [-0.2, -0.15) is 4.68 Å². The second kappa shape index (κ2) is 5.83. The van der Waals surface area contributed by atoms with Gasteiger partial charge < -0.3 is 5.73 Å². The summed E-state index contributed by atoms with van der Waals surface area (Å²) in [5.41, 5.74) is 7.56. The van der Waals surface area contributed by atoms with Crippen LogP contribution in [0, 0.1) is 6.92 Å². The second-order valence-corrected chi connectivity index (χ2v) is 5.19. The summed E-state index contributed by atoms with van der Waals surface area (Å²) in [6.45, 7) is 5.43. The Morgan fingerprint density at radius 2 is 2.20 bits per heavy atom. The first-order valence-electron chi connectivity index (χ1n) is 6.00. The lowest BCUT2D eigenvalue weighted by atomic mass is 10.0. The number of anilines is 1. The molecule has 0 fully saturated rings. The maximum Gasteiger partial charge on any atom is 0.306 e. The van der Waals surface area contributed by atoms with Crippen LogP contribution in [0.4, 0.5) is 10.6 Å². The van der Waals surface area contributed by atoms with Crippen LogP contribution in [-0.2, 0) is 0 Å². The van der Waals surface area contributed by atoms with Crippen molar-refractivity contribution in [1.82, 2.24) is 9.78 Å². The van der Waals surface area contributed by atoms with Crippen molar-refractivity contribution in [3.05, 3.63) is 52.8 Å². The lowest BCUT2D eigenvalue weighted by Crippen LogP contribution is -2.13. The fraction of sp³-hybridized carbons (Fsp3) is 0.143. The molecule has 0 saturated heterocycles. The Morgan fingerprint density at radius 1 is 1.50 bits per heavy atom. The van der Waals surface area contributed by atoms with Crippen LogP contribution in [0.15, 0.2) is 41.7 Å². The van der Waals surface area contributed by atoms with Crippen LogP contribution in [0.1, 0.15) is 5.56 Å². The van der Waals surface area contributed by atoms with Crippen LogP contribution in [0.3, 0.4) is 0 Å². The number of aromatic nitrogens is 2. The lowest BCUT2D eigenvalue weighted by Gasteiger charge is -2.05. The number of nitrogen functional groups attached to an aromatic ring is 1. The van der Waals surface area contributed by atoms with E-state index in [1.165, 1.54) is 0 Å². The van der Waals surface area contributed by atoms with Crippen molar-refractivity contribution >= 4 is 22.8 Å². The fourth-order valence-electron chi connectivity index (χ4n) is 1.90. The van der Waals surface area contributed by atoms with Crippen LogP contribution in [-0.4, -0.2) is 20.8 Å². The van der Waals surface area contributed by atoms with Crippen molar-refractivity contribution in [2.45, 2.75) is 6.92 Å². The third-order valence-corrected chi connectivity index (χ3v) is 3.69. The summed E-state index contributed by atoms with van der Waals surface area (Å²) in [6, 6.07) is 7.40. The lowest BCUT2D eigenvalue weighted by molar-refractivity contribution is 0.260. The molecule has 2 rings (SSSR count). The molecule has 0 aliphatic rings. The summed E-state index contributed by atoms with van der Waals surface area (Å²) >= 11 is 1.02. The van der Waals surface area contributed by atoms with Crippen molar-refractivity contribution in [2.24, 2.45) is 0 Å². The molecule has 0 spiro atoms. The van der Waals surface area contributed by atoms with Gasteiger partial charge in [0.1, 0.15) is 5.82 Å². The number of benzene rings is 1. The molecule has 104 valence electrons. The molecule has 0 bridgehead atoms. The molecular formula is C14H15N3O2S. The fourth-order valence-corrected chi connectivity index (χ4v) is 2.43. The highest BCUT2D eigenvalue weighted by atomic mass is 32.2. The van der Waals surface area contributed by atoms with E-state index in [1.54, 1.807) is 6.08 Å². The highest BCUT2D eigenvalue weighted by Crippen LogP contribution is 2.26. The van der Waals surface area contributed by atoms with Crippen molar-refractivity contribution in [1.29, 1.82) is 0 Å². The second-order valence-electron chi connectivity index (χ2n) is 4.22. The Kier molecular flexibility index (Phi) is 4.14. The van der Waals surface area contributed by atoms with Crippen molar-refractivity contribution < 1.29 is 4.79 Å². The third kappa shape index (κ3) is 2.55. The molecule has 1 heterocycles. The van der Waals surface area contributed by atoms with E-state index >= 15 is 0 Å². The van der Waals surface area contributed by atoms with E-state index in [4.69, 9.17) is 5.73 Å². The maximum absolute atomic E-state index is 12.1. The Bertz CT molecular complexity index is 715. The average Bonchev–Trinajstić information content (AvgIpc) is 2.72. The summed E-state index contributed by atoms with van der Waals surface area (Å²) in [5.74, 6) is 0.587. The zero-order valence-corrected chi connectivity index (χ0v) is 11.9. The highest BCUT2D eigenvalue weighted by molar-refractivity contribution is 8.13. The zero-order chi connectivity index (χ0) is 14.7. The van der Waals surface area contributed by atoms with Crippen LogP contribution in [0.5, 0.6) is 0 Å². The molecule has 0 saturated carbocycles. The molecule has 5 nitrogen and oxygen atoms in total. The molecule has 0 aliphatic heterocycles. The molecular weight excluding hydrogens is 274 g/mol. The summed E-state index contributed by atoms with van der Waals surface area (Å²) in [4.78, 5) is 24.0. The predicted molar refractivity (Wildman–Crippen MR) is 83.1 cm³/mol. The first-order valence-corrected chi connectivity index (χ1v) is 6.99. The van der Waals surface area contributed by atoms with Gasteiger partial charge in [0.2, 0.25) is 0 Å². The van der Waals surface area contributed by atoms with Gasteiger partial charge in [-0.15, -0.1) is 6.58 Å². The van der Waals surface area contributed by atoms with E-state index in [0.717, 1.165) is 27.6 Å². The van der Waals surface area contributed by atoms with E-state index in [9.17, 15) is 9.59 Å². The number of rotatable bonds is 3. The number of H-pyrrole nitrogens is 1. The number of carbonyl (C=O) groups excluding carboxylic acids is 1. The molecule has 0 radical (unpaired) electrons. The summed E-state index contributed by atoms with van der Waals surface area (Å²) in [5, 5.41) is 2.14. The van der Waals surface area contributed by atoms with Gasteiger partial charge in [0.05, 0.1) is 5.56 Å². The minimum Gasteiger partial charge on any atom is -0.383 e. The minimum atomic E-state index is -0.371. The van der Waals surface area contributed by atoms with Gasteiger partial charge in [0.25, 0.3) is 5.56 Å². The largest absolute Gasteiger partial charge is 0.383 e. The highest BCUT2D eigenvalue weighted by Gasteiger charge is 2.19. The van der Waals surface area contributed by atoms with E-state index in [1.807, 2.05) is 31.2 Å². The molecule has 1 aromatic carbocycles. The SMILES string of the molecule is C=CCSC(=O)n1[nH]c(=O)c(-c2ccccc2C)c1N. The van der Waals surface area contributed by atoms with E-state index in [0.29, 0.717) is 11.3 Å². The number of nitrogens with one attached hydrogen (secondary N) is 1. The van der Waals surface area contributed by atoms with E-state index < -0.39 is 0 Å². The monoisotopic (exact) mass is 289 g/mol. The number of aryl methyl sites for hydroxylation is 1. The molecule has 0 aliphatic carbocycles. The Balaban J connectivity index is 2.50. The third-order valence-electron chi connectivity index (χ3n) is 2.86. The van der Waals surface area contributed by atoms with Crippen molar-refractivity contribution in [3.63, 3.8) is 0 Å². The topological polar surface area (TPSA) is 80.9 Å². The van der Waals surface area contributed by atoms with Gasteiger partial charge in [0, 0.05) is 5.75 Å². The summed E-state index contributed by atoms with van der Waals surface area (Å²) in [7, 11) is 0. The van der Waals surface area contributed by atoms with Gasteiger partial charge in [-0.1, -0.05) is 42.1 Å². The predicted octanol–water partition coefficient (Wildman–Crippen LogP) is 2.62. The number of aromatic amines is 1. The molecule has 0 unspecified atom stereocenters. The average molecular weight is 289 g/mol. The van der Waals surface area contributed by atoms with Gasteiger partial charge in [-0.3, -0.25) is 14.7 Å². The number of hydrogen-bond donors (Lipinski definition) is 2. The first kappa shape index (κ1) is 14.2. The molecule has 0 amide bonds. The quantitative estimate of drug-likeness (QED) is 0.851. The van der Waals surface area contributed by atoms with Crippen molar-refractivity contribution in [3.8, 4) is 11.1 Å². The normalized spacial score (nSPS) is 10.4. The number of nitrogens with two attached hydrogens (primary N) is 1. The number of nitrogens with zero attached hydrogens (tertiary/aromatic N) is 1. The number of hydrogen-bond acceptors (Lipinski definition) is 4. The number of carbonyl (C=O) groups is 1. The van der Waals surface area contributed by atoms with Gasteiger partial charge in [-0.05, 0) is 18.1 Å². The molecule has 0 atom stereocenters. The molecule has 2 aromatic rings. The van der Waals surface area contributed by atoms with Gasteiger partial charge >= 0.3 is 5.24 Å². The molecule has 1 aromatic heterocycles. The Morgan fingerprint density at radius 3 is 2.85 bits per heavy atom. The summed E-state index contributed by atoms with van der Waals surface area (Å²) < 4.78 is 1.08. The minimum absolute atomic E-state index is 0.130. The van der Waals surface area contributed by atoms with Gasteiger partial charge in [0.15, 0.2) is 0 Å². The molecule has 3 N–H and O–H groups in total. The first-order chi connectivity index (χ1) is 9.56. The standard InChI is InChI=1S/C14H15N3O2S/c1-3-8-20-14(19)17-12(15)11(13(18)16-17)10-7-5-4-6-9(10)2/h3-7H,1,8,15H2,2H3,(H,16,18). The molecule has 6 heteroatoms. The maximum atomic E-state index is 12.1. The van der Waals surface area contributed by atoms with Crippen LogP contribution >= 0.6 is 11.8 Å². The van der Waals surface area contributed by atoms with Crippen LogP contribution < -0.4 is 11.3 Å². The molecule has 20 heavy (non-hydrogen) atoms. The zero-order valence-electron chi connectivity index (χ0n) is 11.1. The smallest absolute Gasteiger partial charge is 0.306 e. The summed E-state index contributed by atoms with van der Waals surface area (Å²) in [6.07, 6.45) is 1.61.